The summed E-state index contributed by atoms with van der Waals surface area (Å²) < 4.78 is 0. The lowest BCUT2D eigenvalue weighted by Crippen LogP contribution is -1.91. The molecule has 4 nitrogen and oxygen atoms in total. The van der Waals surface area contributed by atoms with Crippen LogP contribution in [0.3, 0.4) is 0 Å². The molecule has 0 saturated carbocycles. The zero-order valence-electron chi connectivity index (χ0n) is 7.47. The minimum atomic E-state index is -0.0311. The fourth-order valence-corrected chi connectivity index (χ4v) is 1.78. The molecule has 0 aliphatic heterocycles. The molecule has 2 aromatic heterocycles. The third-order valence-electron chi connectivity index (χ3n) is 1.65. The molecule has 2 rings (SSSR count). The molecule has 0 atom stereocenters. The van der Waals surface area contributed by atoms with Crippen molar-refractivity contribution in [1.82, 2.24) is 15.0 Å². The Hall–Kier alpha value is -1.62. The van der Waals surface area contributed by atoms with Crippen LogP contribution in [-0.4, -0.2) is 20.7 Å². The van der Waals surface area contributed by atoms with Crippen molar-refractivity contribution in [2.24, 2.45) is 0 Å². The van der Waals surface area contributed by atoms with Gasteiger partial charge in [-0.15, -0.1) is 11.3 Å². The lowest BCUT2D eigenvalue weighted by molar-refractivity contribution is 0.101. The van der Waals surface area contributed by atoms with E-state index in [4.69, 9.17) is 0 Å². The summed E-state index contributed by atoms with van der Waals surface area (Å²) >= 11 is 1.40. The maximum atomic E-state index is 11.0. The van der Waals surface area contributed by atoms with E-state index in [-0.39, 0.29) is 5.78 Å². The van der Waals surface area contributed by atoms with E-state index in [0.717, 1.165) is 5.01 Å². The van der Waals surface area contributed by atoms with E-state index in [9.17, 15) is 4.79 Å². The zero-order chi connectivity index (χ0) is 9.97. The molecule has 0 radical (unpaired) electrons. The molecule has 2 heterocycles. The van der Waals surface area contributed by atoms with Gasteiger partial charge in [0, 0.05) is 24.7 Å². The lowest BCUT2D eigenvalue weighted by Gasteiger charge is -1.91. The zero-order valence-corrected chi connectivity index (χ0v) is 8.28. The molecule has 5 heteroatoms. The van der Waals surface area contributed by atoms with Crippen molar-refractivity contribution in [3.05, 3.63) is 29.7 Å². The lowest BCUT2D eigenvalue weighted by atomic mass is 10.3. The molecule has 0 amide bonds. The monoisotopic (exact) mass is 205 g/mol. The van der Waals surface area contributed by atoms with Gasteiger partial charge < -0.3 is 0 Å². The number of aromatic nitrogens is 3. The Labute approximate surface area is 84.7 Å². The first-order valence-electron chi connectivity index (χ1n) is 4.00. The van der Waals surface area contributed by atoms with E-state index < -0.39 is 0 Å². The third kappa shape index (κ3) is 1.67. The van der Waals surface area contributed by atoms with E-state index in [0.29, 0.717) is 11.4 Å². The molecule has 0 bridgehead atoms. The van der Waals surface area contributed by atoms with Crippen LogP contribution in [0.2, 0.25) is 0 Å². The van der Waals surface area contributed by atoms with Crippen molar-refractivity contribution >= 4 is 17.1 Å². The Morgan fingerprint density at radius 1 is 1.43 bits per heavy atom. The molecule has 2 aromatic rings. The van der Waals surface area contributed by atoms with Crippen LogP contribution in [0.5, 0.6) is 0 Å². The Kier molecular flexibility index (Phi) is 2.32. The smallest absolute Gasteiger partial charge is 0.178 e. The number of thiazole rings is 1. The normalized spacial score (nSPS) is 10.1. The third-order valence-corrected chi connectivity index (χ3v) is 2.51. The molecule has 0 spiro atoms. The van der Waals surface area contributed by atoms with E-state index >= 15 is 0 Å². The molecule has 0 aliphatic rings. The number of hydrogen-bond acceptors (Lipinski definition) is 5. The van der Waals surface area contributed by atoms with Crippen LogP contribution >= 0.6 is 11.3 Å². The highest BCUT2D eigenvalue weighted by molar-refractivity contribution is 7.13. The van der Waals surface area contributed by atoms with Crippen LogP contribution in [0.4, 0.5) is 0 Å². The molecule has 0 unspecified atom stereocenters. The predicted molar refractivity (Wildman–Crippen MR) is 53.1 cm³/mol. The maximum absolute atomic E-state index is 11.0. The summed E-state index contributed by atoms with van der Waals surface area (Å²) in [6.07, 6.45) is 4.83. The number of hydrogen-bond donors (Lipinski definition) is 0. The summed E-state index contributed by atoms with van der Waals surface area (Å²) in [7, 11) is 0. The fourth-order valence-electron chi connectivity index (χ4n) is 0.963. The first-order chi connectivity index (χ1) is 6.77. The molecule has 70 valence electrons. The summed E-state index contributed by atoms with van der Waals surface area (Å²) in [4.78, 5) is 23.2. The minimum Gasteiger partial charge on any atom is -0.293 e. The van der Waals surface area contributed by atoms with Gasteiger partial charge >= 0.3 is 0 Å². The maximum Gasteiger partial charge on any atom is 0.178 e. The Morgan fingerprint density at radius 2 is 2.29 bits per heavy atom. The van der Waals surface area contributed by atoms with Crippen LogP contribution in [0.15, 0.2) is 24.0 Å². The van der Waals surface area contributed by atoms with Gasteiger partial charge in [0.15, 0.2) is 5.78 Å². The van der Waals surface area contributed by atoms with E-state index in [1.807, 2.05) is 0 Å². The number of Topliss-reactive ketones (excluding diaryl/α,β-unsaturated/α-hetero) is 1. The van der Waals surface area contributed by atoms with Crippen molar-refractivity contribution in [3.63, 3.8) is 0 Å². The second kappa shape index (κ2) is 3.63. The predicted octanol–water partition coefficient (Wildman–Crippen LogP) is 1.80. The van der Waals surface area contributed by atoms with Crippen LogP contribution in [0.1, 0.15) is 17.4 Å². The Bertz CT molecular complexity index is 452. The summed E-state index contributed by atoms with van der Waals surface area (Å²) in [6.45, 7) is 1.50. The largest absolute Gasteiger partial charge is 0.293 e. The standard InChI is InChI=1S/C9H7N3OS/c1-6(13)8-5-14-9(12-8)7-4-10-2-3-11-7/h2-5H,1H3. The highest BCUT2D eigenvalue weighted by Crippen LogP contribution is 2.20. The van der Waals surface area contributed by atoms with Crippen molar-refractivity contribution in [2.45, 2.75) is 6.92 Å². The van der Waals surface area contributed by atoms with Crippen LogP contribution in [0, 0.1) is 0 Å². The second-order valence-corrected chi connectivity index (χ2v) is 3.54. The van der Waals surface area contributed by atoms with E-state index in [1.54, 1.807) is 24.0 Å². The average Bonchev–Trinajstić information content (AvgIpc) is 2.68. The number of carbonyl (C=O) groups is 1. The van der Waals surface area contributed by atoms with Gasteiger partial charge in [-0.3, -0.25) is 14.8 Å². The number of nitrogens with zero attached hydrogens (tertiary/aromatic N) is 3. The molecule has 0 aromatic carbocycles. The molecule has 0 saturated heterocycles. The van der Waals surface area contributed by atoms with Gasteiger partial charge in [-0.25, -0.2) is 4.98 Å². The summed E-state index contributed by atoms with van der Waals surface area (Å²) in [6, 6.07) is 0. The van der Waals surface area contributed by atoms with Gasteiger partial charge in [-0.05, 0) is 0 Å². The topological polar surface area (TPSA) is 55.7 Å². The highest BCUT2D eigenvalue weighted by atomic mass is 32.1. The molecule has 0 fully saturated rings. The van der Waals surface area contributed by atoms with Crippen molar-refractivity contribution in [3.8, 4) is 10.7 Å². The van der Waals surface area contributed by atoms with Gasteiger partial charge in [0.1, 0.15) is 16.4 Å². The number of ketones is 1. The molecular weight excluding hydrogens is 198 g/mol. The first-order valence-corrected chi connectivity index (χ1v) is 4.88. The van der Waals surface area contributed by atoms with Gasteiger partial charge in [0.25, 0.3) is 0 Å². The quantitative estimate of drug-likeness (QED) is 0.701. The summed E-state index contributed by atoms with van der Waals surface area (Å²) in [5.74, 6) is -0.0311. The number of carbonyl (C=O) groups excluding carboxylic acids is 1. The Morgan fingerprint density at radius 3 is 2.86 bits per heavy atom. The highest BCUT2D eigenvalue weighted by Gasteiger charge is 2.08. The van der Waals surface area contributed by atoms with Crippen molar-refractivity contribution in [2.75, 3.05) is 0 Å². The van der Waals surface area contributed by atoms with Gasteiger partial charge in [-0.2, -0.15) is 0 Å². The van der Waals surface area contributed by atoms with Gasteiger partial charge in [0.2, 0.25) is 0 Å². The summed E-state index contributed by atoms with van der Waals surface area (Å²) in [5.41, 5.74) is 1.18. The molecular formula is C9H7N3OS. The second-order valence-electron chi connectivity index (χ2n) is 2.68. The van der Waals surface area contributed by atoms with Gasteiger partial charge in [0.05, 0.1) is 6.20 Å². The van der Waals surface area contributed by atoms with Gasteiger partial charge in [-0.1, -0.05) is 0 Å². The van der Waals surface area contributed by atoms with Crippen molar-refractivity contribution in [1.29, 1.82) is 0 Å². The van der Waals surface area contributed by atoms with E-state index in [2.05, 4.69) is 15.0 Å². The molecule has 14 heavy (non-hydrogen) atoms. The van der Waals surface area contributed by atoms with Crippen LogP contribution in [-0.2, 0) is 0 Å². The number of rotatable bonds is 2. The molecule has 0 N–H and O–H groups in total. The average molecular weight is 205 g/mol. The minimum absolute atomic E-state index is 0.0311. The SMILES string of the molecule is CC(=O)c1csc(-c2cnccn2)n1. The van der Waals surface area contributed by atoms with Crippen LogP contribution < -0.4 is 0 Å². The van der Waals surface area contributed by atoms with Crippen molar-refractivity contribution < 1.29 is 4.79 Å². The molecule has 0 aliphatic carbocycles. The summed E-state index contributed by atoms with van der Waals surface area (Å²) in [5, 5.41) is 2.45. The Balaban J connectivity index is 2.39. The first kappa shape index (κ1) is 8.96. The van der Waals surface area contributed by atoms with Crippen LogP contribution in [0.25, 0.3) is 10.7 Å². The van der Waals surface area contributed by atoms with E-state index in [1.165, 1.54) is 18.3 Å². The fraction of sp³-hybridized carbons (Fsp3) is 0.111.